The van der Waals surface area contributed by atoms with Crippen LogP contribution in [0.1, 0.15) is 15.2 Å². The first kappa shape index (κ1) is 13.4. The third-order valence-corrected chi connectivity index (χ3v) is 3.45. The molecule has 0 N–H and O–H groups in total. The van der Waals surface area contributed by atoms with E-state index in [1.807, 2.05) is 24.3 Å². The average Bonchev–Trinajstić information content (AvgIpc) is 2.93. The first-order valence-corrected chi connectivity index (χ1v) is 6.54. The summed E-state index contributed by atoms with van der Waals surface area (Å²) in [6.07, 6.45) is 0. The Morgan fingerprint density at radius 2 is 1.95 bits per heavy atom. The minimum Gasteiger partial charge on any atom is -0.496 e. The van der Waals surface area contributed by atoms with E-state index in [4.69, 9.17) is 14.2 Å². The normalized spacial score (nSPS) is 10.0. The highest BCUT2D eigenvalue weighted by Gasteiger charge is 2.15. The first-order valence-electron chi connectivity index (χ1n) is 5.66. The maximum Gasteiger partial charge on any atom is 0.351 e. The summed E-state index contributed by atoms with van der Waals surface area (Å²) >= 11 is 1.30. The summed E-state index contributed by atoms with van der Waals surface area (Å²) in [4.78, 5) is 12.0. The van der Waals surface area contributed by atoms with Crippen molar-refractivity contribution in [1.82, 2.24) is 0 Å². The van der Waals surface area contributed by atoms with Gasteiger partial charge < -0.3 is 14.2 Å². The Morgan fingerprint density at radius 1 is 1.16 bits per heavy atom. The van der Waals surface area contributed by atoms with Crippen molar-refractivity contribution in [3.8, 4) is 11.5 Å². The van der Waals surface area contributed by atoms with E-state index >= 15 is 0 Å². The zero-order chi connectivity index (χ0) is 13.7. The maximum atomic E-state index is 11.5. The lowest BCUT2D eigenvalue weighted by atomic mass is 10.2. The second-order valence-corrected chi connectivity index (χ2v) is 4.62. The van der Waals surface area contributed by atoms with Crippen molar-refractivity contribution in [2.45, 2.75) is 6.61 Å². The molecule has 0 aliphatic heterocycles. The number of hydrogen-bond acceptors (Lipinski definition) is 5. The molecular formula is C14H14O4S. The molecule has 0 saturated heterocycles. The maximum absolute atomic E-state index is 11.5. The second-order valence-electron chi connectivity index (χ2n) is 3.71. The number of ether oxygens (including phenoxy) is 3. The van der Waals surface area contributed by atoms with Crippen molar-refractivity contribution in [3.63, 3.8) is 0 Å². The predicted molar refractivity (Wildman–Crippen MR) is 73.0 cm³/mol. The van der Waals surface area contributed by atoms with Gasteiger partial charge in [0.1, 0.15) is 18.1 Å². The number of benzene rings is 1. The molecule has 1 heterocycles. The van der Waals surface area contributed by atoms with E-state index in [1.54, 1.807) is 18.6 Å². The van der Waals surface area contributed by atoms with E-state index in [0.717, 1.165) is 11.3 Å². The van der Waals surface area contributed by atoms with Crippen molar-refractivity contribution in [1.29, 1.82) is 0 Å². The molecular weight excluding hydrogens is 264 g/mol. The third kappa shape index (κ3) is 3.06. The van der Waals surface area contributed by atoms with Crippen LogP contribution in [0.25, 0.3) is 0 Å². The van der Waals surface area contributed by atoms with Gasteiger partial charge in [-0.1, -0.05) is 18.2 Å². The SMILES string of the molecule is COC(=O)c1sccc1OCc1ccccc1OC. The van der Waals surface area contributed by atoms with Crippen LogP contribution >= 0.6 is 11.3 Å². The van der Waals surface area contributed by atoms with Crippen LogP contribution < -0.4 is 9.47 Å². The third-order valence-electron chi connectivity index (χ3n) is 2.58. The molecule has 100 valence electrons. The zero-order valence-corrected chi connectivity index (χ0v) is 11.5. The summed E-state index contributed by atoms with van der Waals surface area (Å²) in [7, 11) is 2.97. The highest BCUT2D eigenvalue weighted by Crippen LogP contribution is 2.27. The van der Waals surface area contributed by atoms with Gasteiger partial charge >= 0.3 is 5.97 Å². The fraction of sp³-hybridized carbons (Fsp3) is 0.214. The lowest BCUT2D eigenvalue weighted by Crippen LogP contribution is -2.03. The van der Waals surface area contributed by atoms with Crippen LogP contribution in [0.3, 0.4) is 0 Å². The number of methoxy groups -OCH3 is 2. The number of esters is 1. The fourth-order valence-electron chi connectivity index (χ4n) is 1.63. The van der Waals surface area contributed by atoms with E-state index < -0.39 is 0 Å². The molecule has 2 rings (SSSR count). The molecule has 2 aromatic rings. The molecule has 1 aromatic carbocycles. The van der Waals surface area contributed by atoms with Crippen molar-refractivity contribution < 1.29 is 19.0 Å². The van der Waals surface area contributed by atoms with Crippen molar-refractivity contribution >= 4 is 17.3 Å². The zero-order valence-electron chi connectivity index (χ0n) is 10.7. The van der Waals surface area contributed by atoms with E-state index in [0.29, 0.717) is 17.2 Å². The van der Waals surface area contributed by atoms with Gasteiger partial charge in [0, 0.05) is 5.56 Å². The largest absolute Gasteiger partial charge is 0.496 e. The quantitative estimate of drug-likeness (QED) is 0.788. The number of hydrogen-bond donors (Lipinski definition) is 0. The smallest absolute Gasteiger partial charge is 0.351 e. The summed E-state index contributed by atoms with van der Waals surface area (Å²) in [5.41, 5.74) is 0.923. The molecule has 5 heteroatoms. The number of para-hydroxylation sites is 1. The van der Waals surface area contributed by atoms with E-state index in [9.17, 15) is 4.79 Å². The number of thiophene rings is 1. The second kappa shape index (κ2) is 6.24. The lowest BCUT2D eigenvalue weighted by Gasteiger charge is -2.09. The minimum atomic E-state index is -0.384. The van der Waals surface area contributed by atoms with Crippen molar-refractivity contribution in [2.75, 3.05) is 14.2 Å². The van der Waals surface area contributed by atoms with Crippen LogP contribution in [0.5, 0.6) is 11.5 Å². The Hall–Kier alpha value is -2.01. The van der Waals surface area contributed by atoms with Gasteiger partial charge in [0.25, 0.3) is 0 Å². The Bertz CT molecular complexity index is 562. The molecule has 0 aliphatic rings. The topological polar surface area (TPSA) is 44.8 Å². The van der Waals surface area contributed by atoms with Crippen LogP contribution in [0.15, 0.2) is 35.7 Å². The van der Waals surface area contributed by atoms with Gasteiger partial charge in [-0.25, -0.2) is 4.79 Å². The predicted octanol–water partition coefficient (Wildman–Crippen LogP) is 3.12. The van der Waals surface area contributed by atoms with Crippen molar-refractivity contribution in [2.24, 2.45) is 0 Å². The number of carbonyl (C=O) groups excluding carboxylic acids is 1. The van der Waals surface area contributed by atoms with Crippen LogP contribution in [0, 0.1) is 0 Å². The van der Waals surface area contributed by atoms with E-state index in [-0.39, 0.29) is 5.97 Å². The summed E-state index contributed by atoms with van der Waals surface area (Å²) < 4.78 is 15.6. The molecule has 0 saturated carbocycles. The van der Waals surface area contributed by atoms with Gasteiger partial charge in [0.2, 0.25) is 0 Å². The standard InChI is InChI=1S/C14H14O4S/c1-16-11-6-4-3-5-10(11)9-18-12-7-8-19-13(12)14(15)17-2/h3-8H,9H2,1-2H3. The number of carbonyl (C=O) groups is 1. The molecule has 0 bridgehead atoms. The fourth-order valence-corrected chi connectivity index (χ4v) is 2.38. The molecule has 19 heavy (non-hydrogen) atoms. The molecule has 0 aliphatic carbocycles. The van der Waals surface area contributed by atoms with Crippen LogP contribution in [0.4, 0.5) is 0 Å². The monoisotopic (exact) mass is 278 g/mol. The van der Waals surface area contributed by atoms with Gasteiger partial charge in [-0.3, -0.25) is 0 Å². The van der Waals surface area contributed by atoms with Gasteiger partial charge in [0.05, 0.1) is 14.2 Å². The van der Waals surface area contributed by atoms with Crippen LogP contribution in [-0.4, -0.2) is 20.2 Å². The van der Waals surface area contributed by atoms with Crippen molar-refractivity contribution in [3.05, 3.63) is 46.2 Å². The van der Waals surface area contributed by atoms with Gasteiger partial charge in [0.15, 0.2) is 4.88 Å². The highest BCUT2D eigenvalue weighted by molar-refractivity contribution is 7.12. The highest BCUT2D eigenvalue weighted by atomic mass is 32.1. The van der Waals surface area contributed by atoms with E-state index in [2.05, 4.69) is 0 Å². The van der Waals surface area contributed by atoms with E-state index in [1.165, 1.54) is 18.4 Å². The summed E-state index contributed by atoms with van der Waals surface area (Å²) in [5, 5.41) is 1.80. The average molecular weight is 278 g/mol. The van der Waals surface area contributed by atoms with Gasteiger partial charge in [-0.05, 0) is 17.5 Å². The Morgan fingerprint density at radius 3 is 2.68 bits per heavy atom. The summed E-state index contributed by atoms with van der Waals surface area (Å²) in [5.74, 6) is 0.908. The number of rotatable bonds is 5. The molecule has 1 aromatic heterocycles. The summed E-state index contributed by atoms with van der Waals surface area (Å²) in [6.45, 7) is 0.338. The molecule has 0 unspecified atom stereocenters. The molecule has 0 fully saturated rings. The molecule has 0 amide bonds. The lowest BCUT2D eigenvalue weighted by molar-refractivity contribution is 0.0601. The molecule has 0 atom stereocenters. The van der Waals surface area contributed by atoms with Gasteiger partial charge in [-0.2, -0.15) is 0 Å². The Balaban J connectivity index is 2.11. The van der Waals surface area contributed by atoms with Gasteiger partial charge in [-0.15, -0.1) is 11.3 Å². The molecule has 0 radical (unpaired) electrons. The Labute approximate surface area is 115 Å². The molecule has 0 spiro atoms. The van der Waals surface area contributed by atoms with Crippen LogP contribution in [-0.2, 0) is 11.3 Å². The first-order chi connectivity index (χ1) is 9.26. The minimum absolute atomic E-state index is 0.338. The summed E-state index contributed by atoms with van der Waals surface area (Å²) in [6, 6.07) is 9.35. The molecule has 4 nitrogen and oxygen atoms in total. The Kier molecular flexibility index (Phi) is 4.41. The van der Waals surface area contributed by atoms with Crippen LogP contribution in [0.2, 0.25) is 0 Å².